The molecule has 3 nitrogen and oxygen atoms in total. The molecule has 0 aliphatic rings. The molecular formula is C13H17O3S-. The van der Waals surface area contributed by atoms with Crippen molar-refractivity contribution in [2.24, 2.45) is 0 Å². The largest absolute Gasteiger partial charge is 0.550 e. The first kappa shape index (κ1) is 13.9. The summed E-state index contributed by atoms with van der Waals surface area (Å²) in [4.78, 5) is 10.6. The van der Waals surface area contributed by atoms with Crippen LogP contribution in [-0.4, -0.2) is 17.8 Å². The van der Waals surface area contributed by atoms with E-state index in [1.54, 1.807) is 18.9 Å². The maximum Gasteiger partial charge on any atom is 0.118 e. The molecule has 0 amide bonds. The molecule has 0 saturated carbocycles. The number of carboxylic acids is 1. The summed E-state index contributed by atoms with van der Waals surface area (Å²) in [5, 5.41) is 10.6. The van der Waals surface area contributed by atoms with Gasteiger partial charge in [-0.05, 0) is 17.7 Å². The zero-order chi connectivity index (χ0) is 12.9. The third-order valence-corrected chi connectivity index (χ3v) is 3.76. The number of hydrogen-bond donors (Lipinski definition) is 0. The number of methoxy groups -OCH3 is 1. The minimum Gasteiger partial charge on any atom is -0.550 e. The first-order valence-electron chi connectivity index (χ1n) is 5.40. The van der Waals surface area contributed by atoms with Crippen LogP contribution in [0.5, 0.6) is 5.75 Å². The lowest BCUT2D eigenvalue weighted by atomic mass is 10.1. The van der Waals surface area contributed by atoms with Gasteiger partial charge in [0.1, 0.15) is 5.75 Å². The summed E-state index contributed by atoms with van der Waals surface area (Å²) in [5.41, 5.74) is 1.15. The van der Waals surface area contributed by atoms with Gasteiger partial charge in [0, 0.05) is 22.9 Å². The Morgan fingerprint density at radius 2 is 1.94 bits per heavy atom. The topological polar surface area (TPSA) is 49.4 Å². The molecule has 1 aromatic rings. The van der Waals surface area contributed by atoms with Crippen LogP contribution in [0.4, 0.5) is 0 Å². The van der Waals surface area contributed by atoms with Crippen LogP contribution in [-0.2, 0) is 10.5 Å². The highest BCUT2D eigenvalue weighted by Crippen LogP contribution is 2.31. The highest BCUT2D eigenvalue weighted by molar-refractivity contribution is 7.99. The summed E-state index contributed by atoms with van der Waals surface area (Å²) in [6.45, 7) is 3.83. The number of ether oxygens (including phenoxy) is 1. The Kier molecular flexibility index (Phi) is 4.87. The van der Waals surface area contributed by atoms with Crippen molar-refractivity contribution in [1.82, 2.24) is 0 Å². The number of aliphatic carboxylic acids is 1. The van der Waals surface area contributed by atoms with Crippen LogP contribution < -0.4 is 9.84 Å². The summed E-state index contributed by atoms with van der Waals surface area (Å²) >= 11 is 1.61. The van der Waals surface area contributed by atoms with Gasteiger partial charge in [-0.2, -0.15) is 11.8 Å². The SMILES string of the molecule is COc1ccc(CSC(C)(C)CC(=O)[O-])cc1. The fourth-order valence-electron chi connectivity index (χ4n) is 1.40. The van der Waals surface area contributed by atoms with E-state index < -0.39 is 5.97 Å². The van der Waals surface area contributed by atoms with Crippen molar-refractivity contribution in [2.45, 2.75) is 30.8 Å². The zero-order valence-corrected chi connectivity index (χ0v) is 11.2. The molecule has 0 spiro atoms. The maximum atomic E-state index is 10.6. The minimum atomic E-state index is -1.00. The van der Waals surface area contributed by atoms with Crippen molar-refractivity contribution in [3.8, 4) is 5.75 Å². The number of carbonyl (C=O) groups is 1. The van der Waals surface area contributed by atoms with Crippen LogP contribution >= 0.6 is 11.8 Å². The molecule has 94 valence electrons. The van der Waals surface area contributed by atoms with E-state index in [9.17, 15) is 9.90 Å². The molecule has 0 atom stereocenters. The summed E-state index contributed by atoms with van der Waals surface area (Å²) in [5.74, 6) is 0.606. The van der Waals surface area contributed by atoms with Gasteiger partial charge in [-0.25, -0.2) is 0 Å². The molecule has 0 heterocycles. The smallest absolute Gasteiger partial charge is 0.118 e. The van der Waals surface area contributed by atoms with Crippen LogP contribution in [0, 0.1) is 0 Å². The van der Waals surface area contributed by atoms with E-state index in [4.69, 9.17) is 4.74 Å². The number of carbonyl (C=O) groups excluding carboxylic acids is 1. The Balaban J connectivity index is 2.51. The van der Waals surface area contributed by atoms with Crippen LogP contribution in [0.1, 0.15) is 25.8 Å². The average molecular weight is 253 g/mol. The van der Waals surface area contributed by atoms with Gasteiger partial charge >= 0.3 is 0 Å². The second-order valence-electron chi connectivity index (χ2n) is 4.45. The monoisotopic (exact) mass is 253 g/mol. The molecule has 0 aliphatic heterocycles. The van der Waals surface area contributed by atoms with Crippen LogP contribution in [0.2, 0.25) is 0 Å². The minimum absolute atomic E-state index is 0.0633. The molecule has 0 fully saturated rings. The lowest BCUT2D eigenvalue weighted by Crippen LogP contribution is -2.30. The van der Waals surface area contributed by atoms with Gasteiger partial charge in [0.2, 0.25) is 0 Å². The molecule has 4 heteroatoms. The van der Waals surface area contributed by atoms with E-state index in [2.05, 4.69) is 0 Å². The van der Waals surface area contributed by atoms with Crippen molar-refractivity contribution < 1.29 is 14.6 Å². The fourth-order valence-corrected chi connectivity index (χ4v) is 2.37. The first-order chi connectivity index (χ1) is 7.93. The van der Waals surface area contributed by atoms with Gasteiger partial charge < -0.3 is 14.6 Å². The van der Waals surface area contributed by atoms with Gasteiger partial charge in [-0.1, -0.05) is 26.0 Å². The van der Waals surface area contributed by atoms with Crippen LogP contribution in [0.25, 0.3) is 0 Å². The summed E-state index contributed by atoms with van der Waals surface area (Å²) in [6.07, 6.45) is 0.0633. The Labute approximate surface area is 106 Å². The van der Waals surface area contributed by atoms with E-state index in [-0.39, 0.29) is 11.2 Å². The highest BCUT2D eigenvalue weighted by Gasteiger charge is 2.18. The normalized spacial score (nSPS) is 11.2. The van der Waals surface area contributed by atoms with Crippen molar-refractivity contribution in [2.75, 3.05) is 7.11 Å². The molecule has 0 aromatic heterocycles. The third kappa shape index (κ3) is 5.13. The van der Waals surface area contributed by atoms with E-state index >= 15 is 0 Å². The lowest BCUT2D eigenvalue weighted by Gasteiger charge is -2.24. The van der Waals surface area contributed by atoms with Gasteiger partial charge in [0.05, 0.1) is 7.11 Å². The van der Waals surface area contributed by atoms with Crippen molar-refractivity contribution in [3.63, 3.8) is 0 Å². The van der Waals surface area contributed by atoms with Gasteiger partial charge in [-0.15, -0.1) is 0 Å². The molecule has 0 N–H and O–H groups in total. The molecule has 0 bridgehead atoms. The van der Waals surface area contributed by atoms with E-state index in [0.717, 1.165) is 17.1 Å². The van der Waals surface area contributed by atoms with Gasteiger partial charge in [0.25, 0.3) is 0 Å². The standard InChI is InChI=1S/C13H18O3S/c1-13(2,8-12(14)15)17-9-10-4-6-11(16-3)7-5-10/h4-7H,8-9H2,1-3H3,(H,14,15)/p-1. The zero-order valence-electron chi connectivity index (χ0n) is 10.4. The van der Waals surface area contributed by atoms with E-state index in [0.29, 0.717) is 0 Å². The summed E-state index contributed by atoms with van der Waals surface area (Å²) in [7, 11) is 1.63. The first-order valence-corrected chi connectivity index (χ1v) is 6.38. The van der Waals surface area contributed by atoms with Gasteiger partial charge in [-0.3, -0.25) is 0 Å². The second-order valence-corrected chi connectivity index (χ2v) is 6.13. The number of benzene rings is 1. The molecule has 17 heavy (non-hydrogen) atoms. The predicted octanol–water partition coefficient (Wildman–Crippen LogP) is 1.85. The number of carboxylic acid groups (broad SMARTS) is 1. The van der Waals surface area contributed by atoms with Crippen molar-refractivity contribution in [1.29, 1.82) is 0 Å². The van der Waals surface area contributed by atoms with E-state index in [1.165, 1.54) is 0 Å². The summed E-state index contributed by atoms with van der Waals surface area (Å²) < 4.78 is 4.77. The highest BCUT2D eigenvalue weighted by atomic mass is 32.2. The number of hydrogen-bond acceptors (Lipinski definition) is 4. The molecule has 0 saturated heterocycles. The molecule has 0 radical (unpaired) electrons. The van der Waals surface area contributed by atoms with Crippen LogP contribution in [0.3, 0.4) is 0 Å². The van der Waals surface area contributed by atoms with Crippen molar-refractivity contribution >= 4 is 17.7 Å². The number of thioether (sulfide) groups is 1. The molecule has 0 aliphatic carbocycles. The predicted molar refractivity (Wildman–Crippen MR) is 68.0 cm³/mol. The lowest BCUT2D eigenvalue weighted by molar-refractivity contribution is -0.306. The van der Waals surface area contributed by atoms with Crippen LogP contribution in [0.15, 0.2) is 24.3 Å². The Morgan fingerprint density at radius 1 is 1.35 bits per heavy atom. The quantitative estimate of drug-likeness (QED) is 0.776. The third-order valence-electron chi connectivity index (χ3n) is 2.36. The van der Waals surface area contributed by atoms with E-state index in [1.807, 2.05) is 38.1 Å². The second kappa shape index (κ2) is 5.96. The molecule has 1 rings (SSSR count). The molecular weight excluding hydrogens is 236 g/mol. The molecule has 0 unspecified atom stereocenters. The Bertz CT molecular complexity index is 371. The fraction of sp³-hybridized carbons (Fsp3) is 0.462. The Morgan fingerprint density at radius 3 is 2.41 bits per heavy atom. The Hall–Kier alpha value is -1.16. The molecule has 1 aromatic carbocycles. The number of rotatable bonds is 6. The van der Waals surface area contributed by atoms with Gasteiger partial charge in [0.15, 0.2) is 0 Å². The average Bonchev–Trinajstić information content (AvgIpc) is 2.25. The van der Waals surface area contributed by atoms with Crippen molar-refractivity contribution in [3.05, 3.63) is 29.8 Å². The maximum absolute atomic E-state index is 10.6. The summed E-state index contributed by atoms with van der Waals surface area (Å²) in [6, 6.07) is 7.78.